The zero-order chi connectivity index (χ0) is 22.7. The molecule has 1 saturated heterocycles. The van der Waals surface area contributed by atoms with Crippen LogP contribution in [0.3, 0.4) is 0 Å². The quantitative estimate of drug-likeness (QED) is 0.609. The first kappa shape index (κ1) is 21.2. The highest BCUT2D eigenvalue weighted by atomic mass is 19.1. The van der Waals surface area contributed by atoms with Crippen molar-refractivity contribution in [2.75, 3.05) is 7.11 Å². The predicted molar refractivity (Wildman–Crippen MR) is 118 cm³/mol. The summed E-state index contributed by atoms with van der Waals surface area (Å²) in [7, 11) is 1.55. The van der Waals surface area contributed by atoms with Crippen molar-refractivity contribution in [3.63, 3.8) is 0 Å². The molecule has 0 aliphatic carbocycles. The summed E-state index contributed by atoms with van der Waals surface area (Å²) in [5, 5.41) is 2.86. The lowest BCUT2D eigenvalue weighted by Gasteiger charge is -2.15. The number of carbonyl (C=O) groups excluding carboxylic acids is 2. The first-order valence-electron chi connectivity index (χ1n) is 10.2. The second-order valence-electron chi connectivity index (χ2n) is 7.60. The van der Waals surface area contributed by atoms with Crippen LogP contribution in [0.25, 0.3) is 0 Å². The third kappa shape index (κ3) is 4.51. The van der Waals surface area contributed by atoms with Crippen LogP contribution in [-0.4, -0.2) is 35.9 Å². The molecule has 2 atom stereocenters. The van der Waals surface area contributed by atoms with Crippen LogP contribution in [0.4, 0.5) is 4.39 Å². The fourth-order valence-corrected chi connectivity index (χ4v) is 3.62. The third-order valence-electron chi connectivity index (χ3n) is 5.35. The lowest BCUT2D eigenvalue weighted by atomic mass is 9.98. The fourth-order valence-electron chi connectivity index (χ4n) is 3.62. The molecule has 0 bridgehead atoms. The van der Waals surface area contributed by atoms with Crippen LogP contribution in [0.5, 0.6) is 5.75 Å². The van der Waals surface area contributed by atoms with E-state index in [2.05, 4.69) is 10.7 Å². The van der Waals surface area contributed by atoms with Crippen molar-refractivity contribution < 1.29 is 23.4 Å². The number of halogens is 1. The van der Waals surface area contributed by atoms with E-state index in [1.165, 1.54) is 12.1 Å². The molecule has 162 valence electrons. The number of hydrogen-bond acceptors (Lipinski definition) is 3. The van der Waals surface area contributed by atoms with Gasteiger partial charge in [-0.2, -0.15) is 0 Å². The lowest BCUT2D eigenvalue weighted by Crippen LogP contribution is -2.42. The minimum absolute atomic E-state index is 0.337. The van der Waals surface area contributed by atoms with Crippen molar-refractivity contribution in [1.29, 1.82) is 0 Å². The van der Waals surface area contributed by atoms with Crippen molar-refractivity contribution in [1.82, 2.24) is 10.7 Å². The van der Waals surface area contributed by atoms with Gasteiger partial charge in [-0.15, -0.1) is 10.1 Å². The number of carbonyl (C=O) groups is 2. The molecule has 0 aromatic heterocycles. The molecular formula is C25H23FN3O3+. The SMILES string of the molecule is COc1ccc(C(=O)N[C@H]2C(=O)N/[N+](=C\c3ccc(F)cc3)[C@@H]2c2ccc(C)cc2)cc1. The van der Waals surface area contributed by atoms with E-state index in [0.717, 1.165) is 11.1 Å². The molecule has 1 fully saturated rings. The maximum absolute atomic E-state index is 13.3. The summed E-state index contributed by atoms with van der Waals surface area (Å²) in [6.45, 7) is 1.98. The van der Waals surface area contributed by atoms with Crippen LogP contribution in [-0.2, 0) is 4.79 Å². The molecule has 1 heterocycles. The standard InChI is InChI=1S/C25H22FN3O3/c1-16-3-7-18(8-4-16)23-22(27-24(30)19-9-13-21(32-2)14-10-19)25(31)28-29(23)15-17-5-11-20(26)12-6-17/h3-15,22-23H,1-2H3,(H-,27,28,30,31)/p+1/b29-15-/t22-,23-/m1/s1. The molecule has 2 N–H and O–H groups in total. The molecule has 3 aromatic carbocycles. The Balaban J connectivity index is 1.67. The van der Waals surface area contributed by atoms with E-state index < -0.39 is 12.1 Å². The number of methoxy groups -OCH3 is 1. The molecule has 3 aromatic rings. The van der Waals surface area contributed by atoms with E-state index >= 15 is 0 Å². The van der Waals surface area contributed by atoms with Gasteiger partial charge in [0.1, 0.15) is 11.6 Å². The van der Waals surface area contributed by atoms with Crippen molar-refractivity contribution in [3.05, 3.63) is 101 Å². The summed E-state index contributed by atoms with van der Waals surface area (Å²) in [5.74, 6) is -0.408. The monoisotopic (exact) mass is 432 g/mol. The number of hydrogen-bond donors (Lipinski definition) is 2. The number of aryl methyl sites for hydroxylation is 1. The van der Waals surface area contributed by atoms with Crippen LogP contribution >= 0.6 is 0 Å². The predicted octanol–water partition coefficient (Wildman–Crippen LogP) is 3.16. The van der Waals surface area contributed by atoms with Gasteiger partial charge in [0.15, 0.2) is 6.04 Å². The Morgan fingerprint density at radius 1 is 1.03 bits per heavy atom. The average molecular weight is 432 g/mol. The van der Waals surface area contributed by atoms with Gasteiger partial charge in [-0.1, -0.05) is 29.8 Å². The van der Waals surface area contributed by atoms with Gasteiger partial charge in [-0.25, -0.2) is 4.39 Å². The number of rotatable bonds is 5. The van der Waals surface area contributed by atoms with Crippen molar-refractivity contribution in [2.24, 2.45) is 0 Å². The van der Waals surface area contributed by atoms with Crippen LogP contribution in [0.2, 0.25) is 0 Å². The van der Waals surface area contributed by atoms with Crippen LogP contribution in [0.1, 0.15) is 33.1 Å². The normalized spacial score (nSPS) is 19.0. The first-order chi connectivity index (χ1) is 15.4. The summed E-state index contributed by atoms with van der Waals surface area (Å²) >= 11 is 0. The molecule has 4 rings (SSSR count). The molecule has 2 amide bonds. The molecule has 1 aliphatic rings. The van der Waals surface area contributed by atoms with Gasteiger partial charge in [-0.05, 0) is 55.5 Å². The van der Waals surface area contributed by atoms with Gasteiger partial charge in [0.2, 0.25) is 12.3 Å². The summed E-state index contributed by atoms with van der Waals surface area (Å²) in [5.41, 5.74) is 5.88. The fraction of sp³-hybridized carbons (Fsp3) is 0.160. The first-order valence-corrected chi connectivity index (χ1v) is 10.2. The van der Waals surface area contributed by atoms with Gasteiger partial charge in [0, 0.05) is 16.7 Å². The summed E-state index contributed by atoms with van der Waals surface area (Å²) in [6.07, 6.45) is 1.72. The number of amides is 2. The average Bonchev–Trinajstić information content (AvgIpc) is 3.10. The highest BCUT2D eigenvalue weighted by molar-refractivity contribution is 5.98. The van der Waals surface area contributed by atoms with E-state index in [4.69, 9.17) is 4.74 Å². The number of hydrazine groups is 1. The molecule has 0 spiro atoms. The van der Waals surface area contributed by atoms with E-state index in [0.29, 0.717) is 16.9 Å². The van der Waals surface area contributed by atoms with E-state index in [1.807, 2.05) is 31.2 Å². The van der Waals surface area contributed by atoms with E-state index in [-0.39, 0.29) is 17.6 Å². The molecule has 7 heteroatoms. The zero-order valence-corrected chi connectivity index (χ0v) is 17.7. The van der Waals surface area contributed by atoms with Gasteiger partial charge in [0.25, 0.3) is 5.91 Å². The van der Waals surface area contributed by atoms with Gasteiger partial charge in [-0.3, -0.25) is 9.59 Å². The van der Waals surface area contributed by atoms with E-state index in [9.17, 15) is 14.0 Å². The molecule has 32 heavy (non-hydrogen) atoms. The van der Waals surface area contributed by atoms with Gasteiger partial charge < -0.3 is 10.1 Å². The Morgan fingerprint density at radius 3 is 2.31 bits per heavy atom. The second-order valence-corrected chi connectivity index (χ2v) is 7.60. The van der Waals surface area contributed by atoms with Crippen molar-refractivity contribution >= 4 is 18.0 Å². The second kappa shape index (κ2) is 9.01. The number of nitrogens with zero attached hydrogens (tertiary/aromatic N) is 1. The minimum Gasteiger partial charge on any atom is -0.497 e. The Hall–Kier alpha value is -4.00. The van der Waals surface area contributed by atoms with Gasteiger partial charge in [0.05, 0.1) is 7.11 Å². The number of nitrogens with one attached hydrogen (secondary N) is 2. The summed E-state index contributed by atoms with van der Waals surface area (Å²) in [4.78, 5) is 25.8. The zero-order valence-electron chi connectivity index (χ0n) is 17.7. The summed E-state index contributed by atoms with van der Waals surface area (Å²) in [6, 6.07) is 19.1. The Morgan fingerprint density at radius 2 is 1.69 bits per heavy atom. The highest BCUT2D eigenvalue weighted by Gasteiger charge is 2.47. The third-order valence-corrected chi connectivity index (χ3v) is 5.35. The largest absolute Gasteiger partial charge is 0.497 e. The van der Waals surface area contributed by atoms with Crippen LogP contribution < -0.4 is 15.5 Å². The topological polar surface area (TPSA) is 70.4 Å². The lowest BCUT2D eigenvalue weighted by molar-refractivity contribution is -0.596. The summed E-state index contributed by atoms with van der Waals surface area (Å²) < 4.78 is 20.1. The highest BCUT2D eigenvalue weighted by Crippen LogP contribution is 2.26. The maximum Gasteiger partial charge on any atom is 0.304 e. The molecular weight excluding hydrogens is 409 g/mol. The molecule has 0 unspecified atom stereocenters. The number of ether oxygens (including phenoxy) is 1. The van der Waals surface area contributed by atoms with Gasteiger partial charge >= 0.3 is 5.91 Å². The Bertz CT molecular complexity index is 1160. The smallest absolute Gasteiger partial charge is 0.304 e. The number of hydrazone groups is 1. The maximum atomic E-state index is 13.3. The Kier molecular flexibility index (Phi) is 5.98. The molecule has 0 radical (unpaired) electrons. The molecule has 6 nitrogen and oxygen atoms in total. The number of benzene rings is 3. The van der Waals surface area contributed by atoms with Crippen LogP contribution in [0, 0.1) is 12.7 Å². The van der Waals surface area contributed by atoms with Crippen molar-refractivity contribution in [3.8, 4) is 5.75 Å². The van der Waals surface area contributed by atoms with Crippen molar-refractivity contribution in [2.45, 2.75) is 19.0 Å². The van der Waals surface area contributed by atoms with E-state index in [1.54, 1.807) is 54.4 Å². The van der Waals surface area contributed by atoms with Crippen LogP contribution in [0.15, 0.2) is 72.8 Å². The molecule has 0 saturated carbocycles. The molecule has 1 aliphatic heterocycles. The Labute approximate surface area is 185 Å². The minimum atomic E-state index is -0.830.